The topological polar surface area (TPSA) is 86.9 Å². The third-order valence-corrected chi connectivity index (χ3v) is 2.44. The van der Waals surface area contributed by atoms with Gasteiger partial charge < -0.3 is 11.5 Å². The van der Waals surface area contributed by atoms with Crippen molar-refractivity contribution in [1.29, 1.82) is 0 Å². The lowest BCUT2D eigenvalue weighted by molar-refractivity contribution is -0.118. The Morgan fingerprint density at radius 2 is 2.29 bits per heavy atom. The molecule has 0 aromatic carbocycles. The third kappa shape index (κ3) is 2.05. The maximum atomic E-state index is 10.7. The van der Waals surface area contributed by atoms with E-state index in [2.05, 4.69) is 5.10 Å². The quantitative estimate of drug-likeness (QED) is 0.760. The molecule has 0 bridgehead atoms. The van der Waals surface area contributed by atoms with E-state index in [0.29, 0.717) is 10.7 Å². The molecule has 0 aliphatic heterocycles. The molecule has 1 atom stereocenters. The number of primary amides is 1. The maximum absolute atomic E-state index is 10.7. The van der Waals surface area contributed by atoms with Gasteiger partial charge in [0.15, 0.2) is 0 Å². The summed E-state index contributed by atoms with van der Waals surface area (Å²) >= 11 is 5.96. The third-order valence-electron chi connectivity index (χ3n) is 1.99. The van der Waals surface area contributed by atoms with Gasteiger partial charge in [0, 0.05) is 25.1 Å². The average Bonchev–Trinajstić information content (AvgIpc) is 2.25. The van der Waals surface area contributed by atoms with Crippen molar-refractivity contribution in [3.05, 3.63) is 16.4 Å². The number of aromatic nitrogens is 2. The van der Waals surface area contributed by atoms with E-state index in [1.54, 1.807) is 14.0 Å². The van der Waals surface area contributed by atoms with Crippen LogP contribution in [0.3, 0.4) is 0 Å². The number of rotatable bonds is 3. The Morgan fingerprint density at radius 3 is 2.64 bits per heavy atom. The van der Waals surface area contributed by atoms with Crippen molar-refractivity contribution >= 4 is 17.5 Å². The Bertz CT molecular complexity index is 360. The highest BCUT2D eigenvalue weighted by molar-refractivity contribution is 6.30. The van der Waals surface area contributed by atoms with Gasteiger partial charge in [0.25, 0.3) is 0 Å². The molecular weight excluding hydrogens is 204 g/mol. The van der Waals surface area contributed by atoms with Gasteiger partial charge >= 0.3 is 0 Å². The molecule has 78 valence electrons. The number of amides is 1. The maximum Gasteiger partial charge on any atom is 0.219 e. The lowest BCUT2D eigenvalue weighted by Crippen LogP contribution is -2.21. The van der Waals surface area contributed by atoms with Crippen molar-refractivity contribution in [2.24, 2.45) is 18.5 Å². The first kappa shape index (κ1) is 11.0. The fraction of sp³-hybridized carbons (Fsp3) is 0.500. The minimum Gasteiger partial charge on any atom is -0.370 e. The second-order valence-corrected chi connectivity index (χ2v) is 3.55. The second-order valence-electron chi connectivity index (χ2n) is 3.19. The molecule has 0 fully saturated rings. The highest BCUT2D eigenvalue weighted by Gasteiger charge is 2.19. The summed E-state index contributed by atoms with van der Waals surface area (Å²) in [6.45, 7) is 1.79. The van der Waals surface area contributed by atoms with Crippen LogP contribution in [0.2, 0.25) is 5.15 Å². The van der Waals surface area contributed by atoms with Crippen molar-refractivity contribution in [3.63, 3.8) is 0 Å². The first-order valence-electron chi connectivity index (χ1n) is 4.16. The highest BCUT2D eigenvalue weighted by atomic mass is 35.5. The van der Waals surface area contributed by atoms with Gasteiger partial charge in [-0.2, -0.15) is 5.10 Å². The summed E-state index contributed by atoms with van der Waals surface area (Å²) in [5.41, 5.74) is 12.2. The number of nitrogens with two attached hydrogens (primary N) is 2. The Morgan fingerprint density at radius 1 is 1.71 bits per heavy atom. The van der Waals surface area contributed by atoms with Crippen molar-refractivity contribution in [1.82, 2.24) is 9.78 Å². The van der Waals surface area contributed by atoms with Gasteiger partial charge in [-0.25, -0.2) is 0 Å². The van der Waals surface area contributed by atoms with E-state index in [0.717, 1.165) is 5.69 Å². The van der Waals surface area contributed by atoms with Crippen molar-refractivity contribution in [2.75, 3.05) is 0 Å². The number of halogens is 1. The SMILES string of the molecule is Cc1nn(C)c(Cl)c1C(N)CC(N)=O. The average molecular weight is 217 g/mol. The molecule has 1 rings (SSSR count). The molecule has 4 N–H and O–H groups in total. The van der Waals surface area contributed by atoms with E-state index in [-0.39, 0.29) is 6.42 Å². The van der Waals surface area contributed by atoms with Crippen molar-refractivity contribution in [2.45, 2.75) is 19.4 Å². The molecule has 0 aliphatic rings. The summed E-state index contributed by atoms with van der Waals surface area (Å²) in [5, 5.41) is 4.55. The molecule has 0 saturated heterocycles. The van der Waals surface area contributed by atoms with Gasteiger partial charge in [0.1, 0.15) is 5.15 Å². The predicted octanol–water partition coefficient (Wildman–Crippen LogP) is 0.257. The summed E-state index contributed by atoms with van der Waals surface area (Å²) < 4.78 is 1.52. The van der Waals surface area contributed by atoms with Crippen LogP contribution in [-0.2, 0) is 11.8 Å². The fourth-order valence-corrected chi connectivity index (χ4v) is 1.70. The normalized spacial score (nSPS) is 12.9. The van der Waals surface area contributed by atoms with E-state index in [1.165, 1.54) is 4.68 Å². The van der Waals surface area contributed by atoms with Gasteiger partial charge in [-0.1, -0.05) is 11.6 Å². The van der Waals surface area contributed by atoms with E-state index >= 15 is 0 Å². The minimum atomic E-state index is -0.478. The number of hydrogen-bond acceptors (Lipinski definition) is 3. The number of carbonyl (C=O) groups is 1. The van der Waals surface area contributed by atoms with Gasteiger partial charge in [-0.05, 0) is 6.92 Å². The van der Waals surface area contributed by atoms with Gasteiger partial charge in [-0.15, -0.1) is 0 Å². The van der Waals surface area contributed by atoms with Crippen molar-refractivity contribution in [3.8, 4) is 0 Å². The summed E-state index contributed by atoms with van der Waals surface area (Å²) in [4.78, 5) is 10.7. The number of carbonyl (C=O) groups excluding carboxylic acids is 1. The Labute approximate surface area is 87.0 Å². The van der Waals surface area contributed by atoms with Crippen LogP contribution in [0.15, 0.2) is 0 Å². The van der Waals surface area contributed by atoms with Gasteiger partial charge in [-0.3, -0.25) is 9.48 Å². The Balaban J connectivity index is 2.99. The zero-order valence-corrected chi connectivity index (χ0v) is 8.88. The minimum absolute atomic E-state index is 0.0756. The first-order chi connectivity index (χ1) is 6.43. The van der Waals surface area contributed by atoms with Crippen LogP contribution < -0.4 is 11.5 Å². The number of hydrogen-bond donors (Lipinski definition) is 2. The van der Waals surface area contributed by atoms with Crippen LogP contribution in [0.25, 0.3) is 0 Å². The molecular formula is C8H13ClN4O. The molecule has 1 amide bonds. The monoisotopic (exact) mass is 216 g/mol. The highest BCUT2D eigenvalue weighted by Crippen LogP contribution is 2.25. The molecule has 14 heavy (non-hydrogen) atoms. The van der Waals surface area contributed by atoms with Crippen LogP contribution in [0.4, 0.5) is 0 Å². The van der Waals surface area contributed by atoms with Crippen LogP contribution in [0, 0.1) is 6.92 Å². The Kier molecular flexibility index (Phi) is 3.13. The summed E-state index contributed by atoms with van der Waals surface area (Å²) in [7, 11) is 1.72. The number of nitrogens with zero attached hydrogens (tertiary/aromatic N) is 2. The fourth-order valence-electron chi connectivity index (χ4n) is 1.39. The van der Waals surface area contributed by atoms with Crippen LogP contribution >= 0.6 is 11.6 Å². The van der Waals surface area contributed by atoms with E-state index in [4.69, 9.17) is 23.1 Å². The Hall–Kier alpha value is -1.07. The molecule has 0 radical (unpaired) electrons. The molecule has 1 unspecified atom stereocenters. The van der Waals surface area contributed by atoms with Crippen LogP contribution in [-0.4, -0.2) is 15.7 Å². The molecule has 0 spiro atoms. The van der Waals surface area contributed by atoms with Crippen molar-refractivity contribution < 1.29 is 4.79 Å². The molecule has 6 heteroatoms. The van der Waals surface area contributed by atoms with Crippen LogP contribution in [0.1, 0.15) is 23.7 Å². The largest absolute Gasteiger partial charge is 0.370 e. The van der Waals surface area contributed by atoms with E-state index in [1.807, 2.05) is 0 Å². The van der Waals surface area contributed by atoms with E-state index < -0.39 is 11.9 Å². The smallest absolute Gasteiger partial charge is 0.219 e. The summed E-state index contributed by atoms with van der Waals surface area (Å²) in [5.74, 6) is -0.447. The second kappa shape index (κ2) is 3.98. The molecule has 1 heterocycles. The molecule has 1 aromatic heterocycles. The van der Waals surface area contributed by atoms with E-state index in [9.17, 15) is 4.79 Å². The summed E-state index contributed by atoms with van der Waals surface area (Å²) in [6.07, 6.45) is 0.0756. The van der Waals surface area contributed by atoms with Gasteiger partial charge in [0.2, 0.25) is 5.91 Å². The predicted molar refractivity (Wildman–Crippen MR) is 53.7 cm³/mol. The zero-order valence-electron chi connectivity index (χ0n) is 8.12. The molecule has 0 saturated carbocycles. The lowest BCUT2D eigenvalue weighted by Gasteiger charge is -2.08. The molecule has 0 aliphatic carbocycles. The summed E-state index contributed by atoms with van der Waals surface area (Å²) in [6, 6.07) is -0.478. The number of aryl methyl sites for hydroxylation is 2. The molecule has 5 nitrogen and oxygen atoms in total. The van der Waals surface area contributed by atoms with Gasteiger partial charge in [0.05, 0.1) is 5.69 Å². The first-order valence-corrected chi connectivity index (χ1v) is 4.54. The van der Waals surface area contributed by atoms with Crippen LogP contribution in [0.5, 0.6) is 0 Å². The standard InChI is InChI=1S/C8H13ClN4O/c1-4-7(5(10)3-6(11)14)8(9)13(2)12-4/h5H,3,10H2,1-2H3,(H2,11,14). The zero-order chi connectivity index (χ0) is 10.9. The lowest BCUT2D eigenvalue weighted by atomic mass is 10.1. The molecule has 1 aromatic rings.